The maximum atomic E-state index is 12.6. The molecular weight excluding hydrogens is 286 g/mol. The molecule has 0 spiro atoms. The Labute approximate surface area is 142 Å². The van der Waals surface area contributed by atoms with Gasteiger partial charge in [0.1, 0.15) is 0 Å². The van der Waals surface area contributed by atoms with Gasteiger partial charge in [-0.2, -0.15) is 0 Å². The molecule has 1 amide bonds. The number of rotatable bonds is 4. The summed E-state index contributed by atoms with van der Waals surface area (Å²) in [6.07, 6.45) is 3.86. The number of hydrogen-bond donors (Lipinski definition) is 0. The molecule has 132 valence electrons. The summed E-state index contributed by atoms with van der Waals surface area (Å²) in [6.45, 7) is 15.5. The fourth-order valence-corrected chi connectivity index (χ4v) is 4.54. The van der Waals surface area contributed by atoms with Gasteiger partial charge >= 0.3 is 0 Å². The van der Waals surface area contributed by atoms with Crippen LogP contribution in [0.4, 0.5) is 0 Å². The van der Waals surface area contributed by atoms with Crippen LogP contribution in [0.1, 0.15) is 47.0 Å². The van der Waals surface area contributed by atoms with Crippen molar-refractivity contribution < 1.29 is 4.79 Å². The monoisotopic (exact) mass is 321 g/mol. The standard InChI is InChI=1S/C19H35N3O/c1-14(2)16-5-8-20(9-6-16)18-7-10-21(13-18)19(23)17-11-22(12-17)15(3)4/h14-18H,5-13H2,1-4H3/t18-/m1/s1. The van der Waals surface area contributed by atoms with Gasteiger partial charge in [-0.1, -0.05) is 13.8 Å². The molecule has 23 heavy (non-hydrogen) atoms. The second-order valence-electron chi connectivity index (χ2n) is 8.59. The lowest BCUT2D eigenvalue weighted by molar-refractivity contribution is -0.141. The van der Waals surface area contributed by atoms with E-state index in [2.05, 4.69) is 42.4 Å². The lowest BCUT2D eigenvalue weighted by atomic mass is 9.86. The van der Waals surface area contributed by atoms with Crippen LogP contribution < -0.4 is 0 Å². The summed E-state index contributed by atoms with van der Waals surface area (Å²) >= 11 is 0. The summed E-state index contributed by atoms with van der Waals surface area (Å²) in [5, 5.41) is 0. The molecule has 3 heterocycles. The number of nitrogens with zero attached hydrogens (tertiary/aromatic N) is 3. The van der Waals surface area contributed by atoms with Crippen molar-refractivity contribution in [2.24, 2.45) is 17.8 Å². The highest BCUT2D eigenvalue weighted by molar-refractivity contribution is 5.80. The largest absolute Gasteiger partial charge is 0.341 e. The van der Waals surface area contributed by atoms with E-state index in [0.29, 0.717) is 18.0 Å². The van der Waals surface area contributed by atoms with Crippen molar-refractivity contribution in [3.63, 3.8) is 0 Å². The number of carbonyl (C=O) groups is 1. The van der Waals surface area contributed by atoms with Crippen LogP contribution >= 0.6 is 0 Å². The summed E-state index contributed by atoms with van der Waals surface area (Å²) < 4.78 is 0. The van der Waals surface area contributed by atoms with E-state index in [4.69, 9.17) is 0 Å². The molecule has 0 aromatic heterocycles. The van der Waals surface area contributed by atoms with E-state index >= 15 is 0 Å². The van der Waals surface area contributed by atoms with Crippen molar-refractivity contribution >= 4 is 5.91 Å². The molecule has 0 radical (unpaired) electrons. The van der Waals surface area contributed by atoms with Crippen LogP contribution in [0.5, 0.6) is 0 Å². The van der Waals surface area contributed by atoms with Crippen LogP contribution in [-0.2, 0) is 4.79 Å². The predicted octanol–water partition coefficient (Wildman–Crippen LogP) is 2.30. The molecule has 0 N–H and O–H groups in total. The summed E-state index contributed by atoms with van der Waals surface area (Å²) in [4.78, 5) is 19.9. The van der Waals surface area contributed by atoms with Gasteiger partial charge in [0.15, 0.2) is 0 Å². The van der Waals surface area contributed by atoms with E-state index in [9.17, 15) is 4.79 Å². The van der Waals surface area contributed by atoms with E-state index in [1.807, 2.05) is 0 Å². The van der Waals surface area contributed by atoms with E-state index in [1.165, 1.54) is 32.4 Å². The molecular formula is C19H35N3O. The van der Waals surface area contributed by atoms with Crippen LogP contribution in [-0.4, -0.2) is 72.0 Å². The van der Waals surface area contributed by atoms with Gasteiger partial charge in [-0.25, -0.2) is 0 Å². The minimum atomic E-state index is 0.267. The lowest BCUT2D eigenvalue weighted by Crippen LogP contribution is -2.56. The molecule has 1 atom stereocenters. The molecule has 0 unspecified atom stereocenters. The topological polar surface area (TPSA) is 26.8 Å². The zero-order valence-corrected chi connectivity index (χ0v) is 15.5. The first-order valence-electron chi connectivity index (χ1n) is 9.72. The van der Waals surface area contributed by atoms with E-state index in [-0.39, 0.29) is 5.92 Å². The second-order valence-corrected chi connectivity index (χ2v) is 8.59. The van der Waals surface area contributed by atoms with Crippen molar-refractivity contribution in [3.8, 4) is 0 Å². The number of hydrogen-bond acceptors (Lipinski definition) is 3. The van der Waals surface area contributed by atoms with Gasteiger partial charge in [0, 0.05) is 38.3 Å². The number of likely N-dealkylation sites (tertiary alicyclic amines) is 3. The first kappa shape index (κ1) is 17.2. The van der Waals surface area contributed by atoms with Gasteiger partial charge in [-0.15, -0.1) is 0 Å². The Morgan fingerprint density at radius 3 is 2.13 bits per heavy atom. The molecule has 0 aromatic rings. The Morgan fingerprint density at radius 2 is 1.57 bits per heavy atom. The predicted molar refractivity (Wildman–Crippen MR) is 94.3 cm³/mol. The molecule has 0 aliphatic carbocycles. The maximum Gasteiger partial charge on any atom is 0.228 e. The highest BCUT2D eigenvalue weighted by Crippen LogP contribution is 2.29. The molecule has 0 bridgehead atoms. The summed E-state index contributed by atoms with van der Waals surface area (Å²) in [7, 11) is 0. The Kier molecular flexibility index (Phi) is 5.32. The minimum absolute atomic E-state index is 0.267. The molecule has 0 aromatic carbocycles. The van der Waals surface area contributed by atoms with Gasteiger partial charge in [0.05, 0.1) is 5.92 Å². The Hall–Kier alpha value is -0.610. The van der Waals surface area contributed by atoms with Crippen LogP contribution in [0.3, 0.4) is 0 Å². The first-order valence-corrected chi connectivity index (χ1v) is 9.72. The highest BCUT2D eigenvalue weighted by Gasteiger charge is 2.39. The van der Waals surface area contributed by atoms with Crippen molar-refractivity contribution in [1.29, 1.82) is 0 Å². The number of piperidine rings is 1. The third-order valence-electron chi connectivity index (χ3n) is 6.50. The molecule has 3 rings (SSSR count). The lowest BCUT2D eigenvalue weighted by Gasteiger charge is -2.42. The third kappa shape index (κ3) is 3.74. The van der Waals surface area contributed by atoms with Gasteiger partial charge < -0.3 is 4.90 Å². The Morgan fingerprint density at radius 1 is 0.913 bits per heavy atom. The van der Waals surface area contributed by atoms with Crippen molar-refractivity contribution in [2.45, 2.75) is 59.0 Å². The van der Waals surface area contributed by atoms with Gasteiger partial charge in [-0.3, -0.25) is 14.6 Å². The summed E-state index contributed by atoms with van der Waals surface area (Å²) in [6, 6.07) is 1.20. The van der Waals surface area contributed by atoms with Crippen molar-refractivity contribution in [3.05, 3.63) is 0 Å². The molecule has 0 saturated carbocycles. The Balaban J connectivity index is 1.43. The SMILES string of the molecule is CC(C)C1CCN([C@@H]2CCN(C(=O)C3CN(C(C)C)C3)C2)CC1. The van der Waals surface area contributed by atoms with Gasteiger partial charge in [0.25, 0.3) is 0 Å². The maximum absolute atomic E-state index is 12.6. The van der Waals surface area contributed by atoms with Crippen LogP contribution in [0, 0.1) is 17.8 Å². The quantitative estimate of drug-likeness (QED) is 0.795. The number of amides is 1. The normalized spacial score (nSPS) is 28.8. The van der Waals surface area contributed by atoms with E-state index in [0.717, 1.165) is 38.0 Å². The van der Waals surface area contributed by atoms with Crippen LogP contribution in [0.25, 0.3) is 0 Å². The fraction of sp³-hybridized carbons (Fsp3) is 0.947. The van der Waals surface area contributed by atoms with E-state index < -0.39 is 0 Å². The highest BCUT2D eigenvalue weighted by atomic mass is 16.2. The first-order chi connectivity index (χ1) is 11.0. The minimum Gasteiger partial charge on any atom is -0.341 e. The average Bonchev–Trinajstić information content (AvgIpc) is 2.95. The second kappa shape index (κ2) is 7.10. The van der Waals surface area contributed by atoms with Crippen molar-refractivity contribution in [1.82, 2.24) is 14.7 Å². The summed E-state index contributed by atoms with van der Waals surface area (Å²) in [5.41, 5.74) is 0. The zero-order chi connectivity index (χ0) is 16.6. The summed E-state index contributed by atoms with van der Waals surface area (Å²) in [5.74, 6) is 2.41. The smallest absolute Gasteiger partial charge is 0.228 e. The van der Waals surface area contributed by atoms with Crippen LogP contribution in [0.2, 0.25) is 0 Å². The van der Waals surface area contributed by atoms with Gasteiger partial charge in [0.2, 0.25) is 5.91 Å². The van der Waals surface area contributed by atoms with Crippen molar-refractivity contribution in [2.75, 3.05) is 39.3 Å². The average molecular weight is 322 g/mol. The molecule has 3 aliphatic rings. The molecule has 3 fully saturated rings. The molecule has 3 saturated heterocycles. The third-order valence-corrected chi connectivity index (χ3v) is 6.50. The van der Waals surface area contributed by atoms with Gasteiger partial charge in [-0.05, 0) is 58.0 Å². The number of carbonyl (C=O) groups excluding carboxylic acids is 1. The van der Waals surface area contributed by atoms with Crippen LogP contribution in [0.15, 0.2) is 0 Å². The molecule has 4 nitrogen and oxygen atoms in total. The van der Waals surface area contributed by atoms with E-state index in [1.54, 1.807) is 0 Å². The molecule has 4 heteroatoms. The Bertz CT molecular complexity index is 409. The molecule has 3 aliphatic heterocycles. The fourth-order valence-electron chi connectivity index (χ4n) is 4.54. The zero-order valence-electron chi connectivity index (χ0n) is 15.5.